The number of carbonyl (C=O) groups excluding carboxylic acids is 2. The smallest absolute Gasteiger partial charge is 0.273 e. The summed E-state index contributed by atoms with van der Waals surface area (Å²) in [6.45, 7) is 2.28. The van der Waals surface area contributed by atoms with Crippen molar-refractivity contribution >= 4 is 23.2 Å². The van der Waals surface area contributed by atoms with Crippen LogP contribution in [-0.4, -0.2) is 58.8 Å². The molecule has 0 bridgehead atoms. The fourth-order valence-electron chi connectivity index (χ4n) is 2.94. The minimum absolute atomic E-state index is 0.134. The number of nitrogens with zero attached hydrogens (tertiary/aromatic N) is 3. The Morgan fingerprint density at radius 2 is 2.04 bits per heavy atom. The molecule has 3 rings (SSSR count). The molecule has 2 heterocycles. The lowest BCUT2D eigenvalue weighted by atomic mass is 10.1. The molecule has 1 unspecified atom stereocenters. The molecule has 0 aliphatic carbocycles. The van der Waals surface area contributed by atoms with Crippen LogP contribution in [0, 0.1) is 0 Å². The quantitative estimate of drug-likeness (QED) is 0.877. The van der Waals surface area contributed by atoms with Crippen LogP contribution in [0.4, 0.5) is 0 Å². The first-order valence-corrected chi connectivity index (χ1v) is 8.84. The third-order valence-electron chi connectivity index (χ3n) is 4.29. The Kier molecular flexibility index (Phi) is 5.22. The topological polar surface area (TPSA) is 79.5 Å². The molecule has 1 aromatic heterocycles. The summed E-state index contributed by atoms with van der Waals surface area (Å²) >= 11 is 1.38. The summed E-state index contributed by atoms with van der Waals surface area (Å²) in [5.74, 6) is -0.524. The monoisotopic (exact) mass is 344 g/mol. The normalized spacial score (nSPS) is 18.5. The van der Waals surface area contributed by atoms with Gasteiger partial charge in [0.15, 0.2) is 0 Å². The molecule has 7 heteroatoms. The van der Waals surface area contributed by atoms with Crippen molar-refractivity contribution < 1.29 is 9.59 Å². The number of amides is 2. The second kappa shape index (κ2) is 7.55. The number of piperazine rings is 1. The second-order valence-corrected chi connectivity index (χ2v) is 6.53. The fourth-order valence-corrected chi connectivity index (χ4v) is 3.47. The predicted molar refractivity (Wildman–Crippen MR) is 92.7 cm³/mol. The predicted octanol–water partition coefficient (Wildman–Crippen LogP) is 0.997. The largest absolute Gasteiger partial charge is 0.368 e. The Balaban J connectivity index is 1.63. The third kappa shape index (κ3) is 3.80. The van der Waals surface area contributed by atoms with Crippen LogP contribution in [0.1, 0.15) is 16.1 Å². The highest BCUT2D eigenvalue weighted by molar-refractivity contribution is 7.07. The SMILES string of the molecule is NC(=O)C1CN(C(=O)c2cscn2)CCN1CCc1ccccc1. The van der Waals surface area contributed by atoms with E-state index in [0.29, 0.717) is 25.3 Å². The molecule has 126 valence electrons. The summed E-state index contributed by atoms with van der Waals surface area (Å²) in [6.07, 6.45) is 0.852. The van der Waals surface area contributed by atoms with Gasteiger partial charge in [0.1, 0.15) is 11.7 Å². The average Bonchev–Trinajstić information content (AvgIpc) is 3.14. The van der Waals surface area contributed by atoms with Crippen molar-refractivity contribution in [1.82, 2.24) is 14.8 Å². The standard InChI is InChI=1S/C17H20N4O2S/c18-16(22)15-10-21(17(23)14-11-24-12-19-14)9-8-20(15)7-6-13-4-2-1-3-5-13/h1-5,11-12,15H,6-10H2,(H2,18,22). The molecule has 1 aliphatic heterocycles. The fraction of sp³-hybridized carbons (Fsp3) is 0.353. The zero-order valence-corrected chi connectivity index (χ0v) is 14.1. The highest BCUT2D eigenvalue weighted by atomic mass is 32.1. The van der Waals surface area contributed by atoms with E-state index >= 15 is 0 Å². The van der Waals surface area contributed by atoms with Crippen molar-refractivity contribution in [1.29, 1.82) is 0 Å². The minimum Gasteiger partial charge on any atom is -0.368 e. The molecular formula is C17H20N4O2S. The third-order valence-corrected chi connectivity index (χ3v) is 4.88. The number of aromatic nitrogens is 1. The molecule has 0 radical (unpaired) electrons. The van der Waals surface area contributed by atoms with Crippen molar-refractivity contribution in [3.8, 4) is 0 Å². The first-order chi connectivity index (χ1) is 11.6. The second-order valence-electron chi connectivity index (χ2n) is 5.81. The van der Waals surface area contributed by atoms with Gasteiger partial charge in [-0.05, 0) is 12.0 Å². The zero-order chi connectivity index (χ0) is 16.9. The molecule has 1 saturated heterocycles. The van der Waals surface area contributed by atoms with Gasteiger partial charge in [-0.2, -0.15) is 0 Å². The van der Waals surface area contributed by atoms with Crippen LogP contribution in [0.3, 0.4) is 0 Å². The van der Waals surface area contributed by atoms with E-state index in [9.17, 15) is 9.59 Å². The zero-order valence-electron chi connectivity index (χ0n) is 13.3. The Bertz CT molecular complexity index is 690. The van der Waals surface area contributed by atoms with Gasteiger partial charge in [0.05, 0.1) is 5.51 Å². The summed E-state index contributed by atoms with van der Waals surface area (Å²) in [5.41, 5.74) is 8.86. The van der Waals surface area contributed by atoms with Gasteiger partial charge in [0.2, 0.25) is 5.91 Å². The number of hydrogen-bond donors (Lipinski definition) is 1. The summed E-state index contributed by atoms with van der Waals surface area (Å²) < 4.78 is 0. The van der Waals surface area contributed by atoms with E-state index in [2.05, 4.69) is 22.0 Å². The summed E-state index contributed by atoms with van der Waals surface area (Å²) in [5, 5.41) is 1.73. The van der Waals surface area contributed by atoms with Crippen LogP contribution in [0.25, 0.3) is 0 Å². The first kappa shape index (κ1) is 16.6. The number of hydrogen-bond acceptors (Lipinski definition) is 5. The van der Waals surface area contributed by atoms with E-state index in [-0.39, 0.29) is 11.8 Å². The maximum atomic E-state index is 12.4. The Labute approximate surface area is 144 Å². The van der Waals surface area contributed by atoms with Gasteiger partial charge in [-0.15, -0.1) is 11.3 Å². The maximum absolute atomic E-state index is 12.4. The van der Waals surface area contributed by atoms with Gasteiger partial charge in [0.25, 0.3) is 5.91 Å². The molecule has 24 heavy (non-hydrogen) atoms. The average molecular weight is 344 g/mol. The molecule has 0 spiro atoms. The molecule has 2 amide bonds. The van der Waals surface area contributed by atoms with Gasteiger partial charge in [-0.3, -0.25) is 14.5 Å². The molecule has 1 aromatic carbocycles. The number of carbonyl (C=O) groups is 2. The maximum Gasteiger partial charge on any atom is 0.273 e. The van der Waals surface area contributed by atoms with Crippen molar-refractivity contribution in [2.75, 3.05) is 26.2 Å². The molecular weight excluding hydrogens is 324 g/mol. The van der Waals surface area contributed by atoms with E-state index in [0.717, 1.165) is 13.0 Å². The Hall–Kier alpha value is -2.25. The van der Waals surface area contributed by atoms with Crippen LogP contribution >= 0.6 is 11.3 Å². The lowest BCUT2D eigenvalue weighted by molar-refractivity contribution is -0.125. The minimum atomic E-state index is -0.454. The van der Waals surface area contributed by atoms with Gasteiger partial charge < -0.3 is 10.6 Å². The number of rotatable bonds is 5. The van der Waals surface area contributed by atoms with E-state index in [1.807, 2.05) is 18.2 Å². The van der Waals surface area contributed by atoms with Crippen molar-refractivity contribution in [3.05, 3.63) is 52.5 Å². The van der Waals surface area contributed by atoms with Crippen molar-refractivity contribution in [2.24, 2.45) is 5.73 Å². The summed E-state index contributed by atoms with van der Waals surface area (Å²) in [6, 6.07) is 9.68. The lowest BCUT2D eigenvalue weighted by Gasteiger charge is -2.39. The molecule has 0 saturated carbocycles. The molecule has 1 fully saturated rings. The highest BCUT2D eigenvalue weighted by Gasteiger charge is 2.33. The van der Waals surface area contributed by atoms with E-state index in [1.165, 1.54) is 16.9 Å². The van der Waals surface area contributed by atoms with Crippen LogP contribution in [-0.2, 0) is 11.2 Å². The lowest BCUT2D eigenvalue weighted by Crippen LogP contribution is -2.59. The number of nitrogens with two attached hydrogens (primary N) is 1. The molecule has 1 aliphatic rings. The molecule has 6 nitrogen and oxygen atoms in total. The number of thiazole rings is 1. The molecule has 1 atom stereocenters. The summed E-state index contributed by atoms with van der Waals surface area (Å²) in [7, 11) is 0. The van der Waals surface area contributed by atoms with Crippen LogP contribution in [0.5, 0.6) is 0 Å². The van der Waals surface area contributed by atoms with Gasteiger partial charge in [0, 0.05) is 31.6 Å². The molecule has 2 N–H and O–H groups in total. The number of primary amides is 1. The first-order valence-electron chi connectivity index (χ1n) is 7.90. The van der Waals surface area contributed by atoms with Crippen LogP contribution < -0.4 is 5.73 Å². The van der Waals surface area contributed by atoms with Crippen LogP contribution in [0.2, 0.25) is 0 Å². The van der Waals surface area contributed by atoms with Crippen molar-refractivity contribution in [2.45, 2.75) is 12.5 Å². The summed E-state index contributed by atoms with van der Waals surface area (Å²) in [4.78, 5) is 32.1. The van der Waals surface area contributed by atoms with Gasteiger partial charge >= 0.3 is 0 Å². The van der Waals surface area contributed by atoms with Gasteiger partial charge in [-0.25, -0.2) is 4.98 Å². The van der Waals surface area contributed by atoms with Crippen LogP contribution in [0.15, 0.2) is 41.2 Å². The van der Waals surface area contributed by atoms with Gasteiger partial charge in [-0.1, -0.05) is 30.3 Å². The molecule has 2 aromatic rings. The Morgan fingerprint density at radius 1 is 1.25 bits per heavy atom. The highest BCUT2D eigenvalue weighted by Crippen LogP contribution is 2.14. The van der Waals surface area contributed by atoms with E-state index in [1.54, 1.807) is 15.8 Å². The Morgan fingerprint density at radius 3 is 2.71 bits per heavy atom. The van der Waals surface area contributed by atoms with Crippen molar-refractivity contribution in [3.63, 3.8) is 0 Å². The van der Waals surface area contributed by atoms with E-state index < -0.39 is 6.04 Å². The number of benzene rings is 1. The van der Waals surface area contributed by atoms with E-state index in [4.69, 9.17) is 5.73 Å².